The minimum atomic E-state index is -0.513. The molecule has 3 heteroatoms. The van der Waals surface area contributed by atoms with Gasteiger partial charge in [-0.15, -0.1) is 0 Å². The first-order chi connectivity index (χ1) is 5.41. The first-order valence-corrected chi connectivity index (χ1v) is 4.45. The second-order valence-electron chi connectivity index (χ2n) is 3.35. The highest BCUT2D eigenvalue weighted by Crippen LogP contribution is 2.26. The van der Waals surface area contributed by atoms with Crippen LogP contribution in [0, 0.1) is 5.82 Å². The average molecular weight is 232 g/mol. The van der Waals surface area contributed by atoms with Crippen molar-refractivity contribution < 1.29 is 4.39 Å². The molecule has 0 saturated heterocycles. The zero-order chi connectivity index (χ0) is 9.35. The van der Waals surface area contributed by atoms with Gasteiger partial charge >= 0.3 is 0 Å². The molecule has 0 atom stereocenters. The Hall–Kier alpha value is -0.410. The van der Waals surface area contributed by atoms with Crippen LogP contribution in [0.15, 0.2) is 22.7 Å². The molecule has 1 nitrogen and oxygen atoms in total. The maximum Gasteiger partial charge on any atom is 0.123 e. The van der Waals surface area contributed by atoms with E-state index in [9.17, 15) is 4.39 Å². The number of nitrogens with two attached hydrogens (primary N) is 1. The topological polar surface area (TPSA) is 26.0 Å². The van der Waals surface area contributed by atoms with Crippen LogP contribution in [0.1, 0.15) is 19.4 Å². The third-order valence-corrected chi connectivity index (χ3v) is 2.31. The maximum absolute atomic E-state index is 12.8. The van der Waals surface area contributed by atoms with Crippen molar-refractivity contribution in [3.05, 3.63) is 34.1 Å². The SMILES string of the molecule is CC(C)(N)c1cc(F)ccc1Br. The number of halogens is 2. The zero-order valence-corrected chi connectivity index (χ0v) is 8.65. The van der Waals surface area contributed by atoms with E-state index in [0.717, 1.165) is 10.0 Å². The van der Waals surface area contributed by atoms with Crippen LogP contribution in [0.2, 0.25) is 0 Å². The number of hydrogen-bond donors (Lipinski definition) is 1. The van der Waals surface area contributed by atoms with Crippen LogP contribution in [0.25, 0.3) is 0 Å². The lowest BCUT2D eigenvalue weighted by Crippen LogP contribution is -2.29. The van der Waals surface area contributed by atoms with Gasteiger partial charge in [-0.05, 0) is 37.6 Å². The Bertz CT molecular complexity index is 291. The summed E-state index contributed by atoms with van der Waals surface area (Å²) in [6, 6.07) is 4.52. The molecule has 12 heavy (non-hydrogen) atoms. The molecule has 0 fully saturated rings. The van der Waals surface area contributed by atoms with E-state index in [2.05, 4.69) is 15.9 Å². The highest BCUT2D eigenvalue weighted by molar-refractivity contribution is 9.10. The Morgan fingerprint density at radius 1 is 1.42 bits per heavy atom. The van der Waals surface area contributed by atoms with E-state index >= 15 is 0 Å². The summed E-state index contributed by atoms with van der Waals surface area (Å²) in [5.41, 5.74) is 6.10. The van der Waals surface area contributed by atoms with Gasteiger partial charge < -0.3 is 5.73 Å². The molecular weight excluding hydrogens is 221 g/mol. The minimum Gasteiger partial charge on any atom is -0.322 e. The zero-order valence-electron chi connectivity index (χ0n) is 7.07. The van der Waals surface area contributed by atoms with Crippen molar-refractivity contribution in [1.82, 2.24) is 0 Å². The molecule has 66 valence electrons. The van der Waals surface area contributed by atoms with Crippen molar-refractivity contribution in [2.24, 2.45) is 5.73 Å². The average Bonchev–Trinajstić information content (AvgIpc) is 1.92. The van der Waals surface area contributed by atoms with E-state index in [-0.39, 0.29) is 5.82 Å². The highest BCUT2D eigenvalue weighted by atomic mass is 79.9. The Morgan fingerprint density at radius 2 is 2.00 bits per heavy atom. The van der Waals surface area contributed by atoms with Crippen LogP contribution in [-0.4, -0.2) is 0 Å². The van der Waals surface area contributed by atoms with E-state index in [1.54, 1.807) is 6.07 Å². The Kier molecular flexibility index (Phi) is 2.54. The summed E-state index contributed by atoms with van der Waals surface area (Å²) < 4.78 is 13.6. The summed E-state index contributed by atoms with van der Waals surface area (Å²) >= 11 is 3.32. The van der Waals surface area contributed by atoms with Gasteiger partial charge in [0.2, 0.25) is 0 Å². The van der Waals surface area contributed by atoms with Gasteiger partial charge in [0.1, 0.15) is 5.82 Å². The second kappa shape index (κ2) is 3.15. The van der Waals surface area contributed by atoms with E-state index in [0.29, 0.717) is 0 Å². The van der Waals surface area contributed by atoms with E-state index < -0.39 is 5.54 Å². The molecule has 0 heterocycles. The Labute approximate surface area is 79.9 Å². The maximum atomic E-state index is 12.8. The molecule has 0 aromatic heterocycles. The normalized spacial score (nSPS) is 11.8. The van der Waals surface area contributed by atoms with Gasteiger partial charge in [-0.25, -0.2) is 4.39 Å². The third kappa shape index (κ3) is 2.05. The largest absolute Gasteiger partial charge is 0.322 e. The van der Waals surface area contributed by atoms with Crippen molar-refractivity contribution in [1.29, 1.82) is 0 Å². The first-order valence-electron chi connectivity index (χ1n) is 3.65. The monoisotopic (exact) mass is 231 g/mol. The van der Waals surface area contributed by atoms with Gasteiger partial charge in [0.15, 0.2) is 0 Å². The van der Waals surface area contributed by atoms with Gasteiger partial charge in [-0.2, -0.15) is 0 Å². The van der Waals surface area contributed by atoms with E-state index in [1.165, 1.54) is 12.1 Å². The molecule has 0 aliphatic heterocycles. The van der Waals surface area contributed by atoms with Gasteiger partial charge in [0.05, 0.1) is 0 Å². The van der Waals surface area contributed by atoms with Crippen molar-refractivity contribution in [3.8, 4) is 0 Å². The molecule has 0 spiro atoms. The summed E-state index contributed by atoms with van der Waals surface area (Å²) in [5, 5.41) is 0. The van der Waals surface area contributed by atoms with Gasteiger partial charge in [-0.3, -0.25) is 0 Å². The first kappa shape index (κ1) is 9.68. The van der Waals surface area contributed by atoms with E-state index in [1.807, 2.05) is 13.8 Å². The Balaban J connectivity index is 3.23. The van der Waals surface area contributed by atoms with Crippen LogP contribution in [0.4, 0.5) is 4.39 Å². The Morgan fingerprint density at radius 3 is 2.42 bits per heavy atom. The molecule has 0 unspecified atom stereocenters. The van der Waals surface area contributed by atoms with Crippen LogP contribution in [-0.2, 0) is 5.54 Å². The van der Waals surface area contributed by atoms with Crippen LogP contribution in [0.5, 0.6) is 0 Å². The fourth-order valence-corrected chi connectivity index (χ4v) is 1.75. The fraction of sp³-hybridized carbons (Fsp3) is 0.333. The predicted octanol–water partition coefficient (Wildman–Crippen LogP) is 2.78. The van der Waals surface area contributed by atoms with Crippen LogP contribution < -0.4 is 5.73 Å². The molecule has 1 rings (SSSR count). The number of hydrogen-bond acceptors (Lipinski definition) is 1. The molecule has 0 radical (unpaired) electrons. The highest BCUT2D eigenvalue weighted by Gasteiger charge is 2.17. The second-order valence-corrected chi connectivity index (χ2v) is 4.20. The summed E-state index contributed by atoms with van der Waals surface area (Å²) in [7, 11) is 0. The molecule has 0 aliphatic carbocycles. The summed E-state index contributed by atoms with van der Waals surface area (Å²) in [6.07, 6.45) is 0. The molecule has 0 aliphatic rings. The van der Waals surface area contributed by atoms with Crippen LogP contribution >= 0.6 is 15.9 Å². The lowest BCUT2D eigenvalue weighted by atomic mass is 9.96. The summed E-state index contributed by atoms with van der Waals surface area (Å²) in [6.45, 7) is 3.68. The molecule has 1 aromatic carbocycles. The van der Waals surface area contributed by atoms with Crippen molar-refractivity contribution >= 4 is 15.9 Å². The molecule has 0 saturated carbocycles. The van der Waals surface area contributed by atoms with Crippen molar-refractivity contribution in [3.63, 3.8) is 0 Å². The van der Waals surface area contributed by atoms with E-state index in [4.69, 9.17) is 5.73 Å². The summed E-state index contributed by atoms with van der Waals surface area (Å²) in [5.74, 6) is -0.258. The van der Waals surface area contributed by atoms with Crippen LogP contribution in [0.3, 0.4) is 0 Å². The molecule has 0 bridgehead atoms. The molecular formula is C9H11BrFN. The predicted molar refractivity (Wildman–Crippen MR) is 51.3 cm³/mol. The summed E-state index contributed by atoms with van der Waals surface area (Å²) in [4.78, 5) is 0. The fourth-order valence-electron chi connectivity index (χ4n) is 0.991. The quantitative estimate of drug-likeness (QED) is 0.791. The smallest absolute Gasteiger partial charge is 0.123 e. The lowest BCUT2D eigenvalue weighted by Gasteiger charge is -2.20. The number of benzene rings is 1. The van der Waals surface area contributed by atoms with Gasteiger partial charge in [0.25, 0.3) is 0 Å². The number of rotatable bonds is 1. The van der Waals surface area contributed by atoms with Gasteiger partial charge in [0, 0.05) is 10.0 Å². The van der Waals surface area contributed by atoms with Gasteiger partial charge in [-0.1, -0.05) is 15.9 Å². The molecule has 2 N–H and O–H groups in total. The van der Waals surface area contributed by atoms with Crippen molar-refractivity contribution in [2.45, 2.75) is 19.4 Å². The third-order valence-electron chi connectivity index (χ3n) is 1.62. The molecule has 0 amide bonds. The standard InChI is InChI=1S/C9H11BrFN/c1-9(2,12)7-5-6(11)3-4-8(7)10/h3-5H,12H2,1-2H3. The minimum absolute atomic E-state index is 0.258. The van der Waals surface area contributed by atoms with Crippen molar-refractivity contribution in [2.75, 3.05) is 0 Å². The lowest BCUT2D eigenvalue weighted by molar-refractivity contribution is 0.541. The molecule has 1 aromatic rings.